The lowest BCUT2D eigenvalue weighted by Crippen LogP contribution is -2.45. The summed E-state index contributed by atoms with van der Waals surface area (Å²) in [6.45, 7) is 4.77. The van der Waals surface area contributed by atoms with Crippen molar-refractivity contribution in [1.82, 2.24) is 4.90 Å². The van der Waals surface area contributed by atoms with Crippen molar-refractivity contribution in [3.05, 3.63) is 48.1 Å². The average molecular weight is 301 g/mol. The van der Waals surface area contributed by atoms with Gasteiger partial charge in [-0.2, -0.15) is 0 Å². The molecular formula is C19H27NO2. The normalized spacial score (nSPS) is 27.1. The third-order valence-electron chi connectivity index (χ3n) is 4.49. The molecule has 0 saturated heterocycles. The Morgan fingerprint density at radius 1 is 1.36 bits per heavy atom. The summed E-state index contributed by atoms with van der Waals surface area (Å²) in [5, 5.41) is 11.2. The van der Waals surface area contributed by atoms with Crippen LogP contribution in [0.15, 0.2) is 42.5 Å². The summed E-state index contributed by atoms with van der Waals surface area (Å²) in [7, 11) is 5.76. The molecule has 0 bridgehead atoms. The molecule has 1 N–H and O–H groups in total. The molecule has 0 aliphatic heterocycles. The van der Waals surface area contributed by atoms with Crippen LogP contribution in [0.25, 0.3) is 6.08 Å². The summed E-state index contributed by atoms with van der Waals surface area (Å²) in [6, 6.07) is 7.93. The summed E-state index contributed by atoms with van der Waals surface area (Å²) >= 11 is 0. The Morgan fingerprint density at radius 3 is 2.59 bits per heavy atom. The third-order valence-corrected chi connectivity index (χ3v) is 4.49. The van der Waals surface area contributed by atoms with Gasteiger partial charge < -0.3 is 14.7 Å². The predicted molar refractivity (Wildman–Crippen MR) is 92.0 cm³/mol. The molecule has 0 amide bonds. The van der Waals surface area contributed by atoms with Crippen LogP contribution in [0.3, 0.4) is 0 Å². The highest BCUT2D eigenvalue weighted by Gasteiger charge is 2.40. The van der Waals surface area contributed by atoms with Crippen LogP contribution >= 0.6 is 0 Å². The highest BCUT2D eigenvalue weighted by atomic mass is 16.5. The van der Waals surface area contributed by atoms with E-state index in [1.807, 2.05) is 38.4 Å². The first kappa shape index (κ1) is 16.8. The summed E-state index contributed by atoms with van der Waals surface area (Å²) in [5.74, 6) is 1.04. The maximum atomic E-state index is 11.2. The van der Waals surface area contributed by atoms with E-state index in [4.69, 9.17) is 4.74 Å². The second kappa shape index (κ2) is 7.12. The summed E-state index contributed by atoms with van der Waals surface area (Å²) < 4.78 is 5.19. The molecule has 0 radical (unpaired) electrons. The van der Waals surface area contributed by atoms with Gasteiger partial charge in [0.15, 0.2) is 0 Å². The number of benzene rings is 1. The number of nitrogens with zero attached hydrogens (tertiary/aromatic N) is 1. The summed E-state index contributed by atoms with van der Waals surface area (Å²) in [5.41, 5.74) is 1.23. The van der Waals surface area contributed by atoms with E-state index in [1.165, 1.54) is 0 Å². The Kier molecular flexibility index (Phi) is 5.43. The molecule has 0 heterocycles. The van der Waals surface area contributed by atoms with Crippen molar-refractivity contribution < 1.29 is 9.84 Å². The standard InChI is InChI=1S/C19H27NO2/c1-5-19(21)16(7-6-8-17(19)14-20(2)3)13-15-9-11-18(22-4)12-10-15/h5,9-13,17,21H,1,6-8,14H2,2-4H3. The van der Waals surface area contributed by atoms with Gasteiger partial charge in [-0.3, -0.25) is 0 Å². The van der Waals surface area contributed by atoms with Crippen molar-refractivity contribution >= 4 is 6.08 Å². The van der Waals surface area contributed by atoms with Crippen LogP contribution in [0.5, 0.6) is 5.75 Å². The van der Waals surface area contributed by atoms with E-state index in [2.05, 4.69) is 17.6 Å². The van der Waals surface area contributed by atoms with Gasteiger partial charge in [-0.05, 0) is 56.6 Å². The van der Waals surface area contributed by atoms with Gasteiger partial charge in [-0.1, -0.05) is 30.9 Å². The maximum absolute atomic E-state index is 11.2. The van der Waals surface area contributed by atoms with E-state index >= 15 is 0 Å². The largest absolute Gasteiger partial charge is 0.497 e. The molecule has 3 heteroatoms. The molecule has 120 valence electrons. The monoisotopic (exact) mass is 301 g/mol. The summed E-state index contributed by atoms with van der Waals surface area (Å²) in [4.78, 5) is 2.13. The van der Waals surface area contributed by atoms with Crippen LogP contribution in [0.2, 0.25) is 0 Å². The quantitative estimate of drug-likeness (QED) is 0.847. The van der Waals surface area contributed by atoms with Gasteiger partial charge in [0, 0.05) is 12.5 Å². The van der Waals surface area contributed by atoms with Crippen LogP contribution in [0.1, 0.15) is 24.8 Å². The zero-order valence-corrected chi connectivity index (χ0v) is 13.9. The van der Waals surface area contributed by atoms with Crippen molar-refractivity contribution in [1.29, 1.82) is 0 Å². The minimum atomic E-state index is -0.914. The SMILES string of the molecule is C=CC1(O)C(=Cc2ccc(OC)cc2)CCCC1CN(C)C. The highest BCUT2D eigenvalue weighted by molar-refractivity contribution is 5.57. The number of ether oxygens (including phenoxy) is 1. The van der Waals surface area contributed by atoms with Crippen LogP contribution in [-0.4, -0.2) is 43.4 Å². The molecular weight excluding hydrogens is 274 g/mol. The van der Waals surface area contributed by atoms with Gasteiger partial charge in [0.05, 0.1) is 7.11 Å². The minimum Gasteiger partial charge on any atom is -0.497 e. The van der Waals surface area contributed by atoms with Crippen molar-refractivity contribution in [2.75, 3.05) is 27.7 Å². The zero-order chi connectivity index (χ0) is 16.2. The van der Waals surface area contributed by atoms with Crippen LogP contribution in [0.4, 0.5) is 0 Å². The van der Waals surface area contributed by atoms with Crippen LogP contribution in [-0.2, 0) is 0 Å². The molecule has 2 rings (SSSR count). The molecule has 1 saturated carbocycles. The van der Waals surface area contributed by atoms with Crippen molar-refractivity contribution in [2.24, 2.45) is 5.92 Å². The highest BCUT2D eigenvalue weighted by Crippen LogP contribution is 2.40. The Morgan fingerprint density at radius 2 is 2.05 bits per heavy atom. The molecule has 1 fully saturated rings. The van der Waals surface area contributed by atoms with E-state index in [0.29, 0.717) is 0 Å². The van der Waals surface area contributed by atoms with E-state index < -0.39 is 5.60 Å². The number of aliphatic hydroxyl groups is 1. The van der Waals surface area contributed by atoms with Crippen LogP contribution < -0.4 is 4.74 Å². The van der Waals surface area contributed by atoms with E-state index in [0.717, 1.165) is 42.7 Å². The molecule has 2 atom stereocenters. The van der Waals surface area contributed by atoms with Gasteiger partial charge in [0.1, 0.15) is 11.4 Å². The molecule has 0 spiro atoms. The molecule has 1 aromatic carbocycles. The van der Waals surface area contributed by atoms with Gasteiger partial charge in [0.2, 0.25) is 0 Å². The topological polar surface area (TPSA) is 32.7 Å². The third kappa shape index (κ3) is 3.60. The van der Waals surface area contributed by atoms with Gasteiger partial charge in [-0.25, -0.2) is 0 Å². The average Bonchev–Trinajstić information content (AvgIpc) is 2.51. The van der Waals surface area contributed by atoms with Gasteiger partial charge >= 0.3 is 0 Å². The van der Waals surface area contributed by atoms with E-state index in [1.54, 1.807) is 13.2 Å². The zero-order valence-electron chi connectivity index (χ0n) is 13.9. The molecule has 2 unspecified atom stereocenters. The van der Waals surface area contributed by atoms with Crippen molar-refractivity contribution in [3.63, 3.8) is 0 Å². The summed E-state index contributed by atoms with van der Waals surface area (Å²) in [6.07, 6.45) is 6.87. The minimum absolute atomic E-state index is 0.193. The van der Waals surface area contributed by atoms with E-state index in [9.17, 15) is 5.11 Å². The smallest absolute Gasteiger partial charge is 0.118 e. The fourth-order valence-corrected chi connectivity index (χ4v) is 3.28. The Hall–Kier alpha value is -1.58. The van der Waals surface area contributed by atoms with Gasteiger partial charge in [0.25, 0.3) is 0 Å². The predicted octanol–water partition coefficient (Wildman–Crippen LogP) is 3.36. The Labute approximate surface area is 133 Å². The van der Waals surface area contributed by atoms with Crippen molar-refractivity contribution in [2.45, 2.75) is 24.9 Å². The molecule has 3 nitrogen and oxygen atoms in total. The first-order valence-electron chi connectivity index (χ1n) is 7.85. The van der Waals surface area contributed by atoms with Gasteiger partial charge in [-0.15, -0.1) is 0 Å². The molecule has 1 aromatic rings. The lowest BCUT2D eigenvalue weighted by molar-refractivity contribution is 0.0292. The number of hydrogen-bond donors (Lipinski definition) is 1. The fourth-order valence-electron chi connectivity index (χ4n) is 3.28. The first-order chi connectivity index (χ1) is 10.5. The lowest BCUT2D eigenvalue weighted by Gasteiger charge is -2.41. The fraction of sp³-hybridized carbons (Fsp3) is 0.474. The molecule has 22 heavy (non-hydrogen) atoms. The second-order valence-electron chi connectivity index (χ2n) is 6.32. The van der Waals surface area contributed by atoms with Crippen LogP contribution in [0, 0.1) is 5.92 Å². The lowest BCUT2D eigenvalue weighted by atomic mass is 9.71. The number of hydrogen-bond acceptors (Lipinski definition) is 3. The molecule has 1 aliphatic rings. The second-order valence-corrected chi connectivity index (χ2v) is 6.32. The number of methoxy groups -OCH3 is 1. The van der Waals surface area contributed by atoms with Crippen molar-refractivity contribution in [3.8, 4) is 5.75 Å². The Balaban J connectivity index is 2.29. The van der Waals surface area contributed by atoms with E-state index in [-0.39, 0.29) is 5.92 Å². The maximum Gasteiger partial charge on any atom is 0.118 e. The molecule has 0 aromatic heterocycles. The number of rotatable bonds is 5. The Bertz CT molecular complexity index is 533. The first-order valence-corrected chi connectivity index (χ1v) is 7.85. The molecule has 1 aliphatic carbocycles.